The van der Waals surface area contributed by atoms with Crippen LogP contribution in [0, 0.1) is 6.92 Å². The standard InChI is InChI=1S/C22H22N8O2/c1-14-10-25-30(12-14)16-9-17-21(31)27-19-7-3-6-18(26-19)20-28-24-13-29(20)15(2)5-4-8-32-22(17)23-11-16/h3,6-7,9-13,15H,4-5,8H2,1-2H3,(H,26,27,31). The maximum atomic E-state index is 13.2. The van der Waals surface area contributed by atoms with E-state index in [0.29, 0.717) is 35.2 Å². The Bertz CT molecular complexity index is 1280. The minimum absolute atomic E-state index is 0.157. The zero-order valence-electron chi connectivity index (χ0n) is 17.8. The highest BCUT2D eigenvalue weighted by Crippen LogP contribution is 2.25. The second-order valence-corrected chi connectivity index (χ2v) is 7.77. The minimum Gasteiger partial charge on any atom is -0.477 e. The predicted octanol–water partition coefficient (Wildman–Crippen LogP) is 3.22. The molecule has 1 atom stereocenters. The average Bonchev–Trinajstić information content (AvgIpc) is 3.45. The van der Waals surface area contributed by atoms with E-state index in [1.165, 1.54) is 0 Å². The molecule has 162 valence electrons. The van der Waals surface area contributed by atoms with Crippen LogP contribution in [0.5, 0.6) is 5.88 Å². The number of carbonyl (C=O) groups is 1. The predicted molar refractivity (Wildman–Crippen MR) is 117 cm³/mol. The van der Waals surface area contributed by atoms with Crippen LogP contribution in [-0.2, 0) is 0 Å². The van der Waals surface area contributed by atoms with Gasteiger partial charge in [-0.1, -0.05) is 6.07 Å². The largest absolute Gasteiger partial charge is 0.477 e. The first-order valence-electron chi connectivity index (χ1n) is 10.4. The second kappa shape index (κ2) is 8.22. The third-order valence-corrected chi connectivity index (χ3v) is 5.33. The van der Waals surface area contributed by atoms with Crippen LogP contribution in [0.25, 0.3) is 17.2 Å². The van der Waals surface area contributed by atoms with Gasteiger partial charge < -0.3 is 14.6 Å². The Morgan fingerprint density at radius 2 is 2.16 bits per heavy atom. The highest BCUT2D eigenvalue weighted by atomic mass is 16.5. The summed E-state index contributed by atoms with van der Waals surface area (Å²) in [4.78, 5) is 22.2. The Morgan fingerprint density at radius 1 is 1.25 bits per heavy atom. The van der Waals surface area contributed by atoms with Crippen LogP contribution in [0.1, 0.15) is 41.7 Å². The van der Waals surface area contributed by atoms with Gasteiger partial charge in [0, 0.05) is 12.2 Å². The summed E-state index contributed by atoms with van der Waals surface area (Å²) in [7, 11) is 0. The van der Waals surface area contributed by atoms with E-state index in [2.05, 4.69) is 37.5 Å². The molecule has 0 saturated heterocycles. The number of nitrogens with zero attached hydrogens (tertiary/aromatic N) is 7. The van der Waals surface area contributed by atoms with Crippen molar-refractivity contribution in [2.75, 3.05) is 11.9 Å². The Hall–Kier alpha value is -4.08. The van der Waals surface area contributed by atoms with Gasteiger partial charge in [-0.25, -0.2) is 14.6 Å². The first-order chi connectivity index (χ1) is 15.6. The van der Waals surface area contributed by atoms with Gasteiger partial charge in [0.25, 0.3) is 5.91 Å². The number of hydrogen-bond donors (Lipinski definition) is 1. The summed E-state index contributed by atoms with van der Waals surface area (Å²) in [5.74, 6) is 0.971. The number of nitrogens with one attached hydrogen (secondary N) is 1. The van der Waals surface area contributed by atoms with Crippen molar-refractivity contribution in [3.8, 4) is 23.1 Å². The molecule has 0 radical (unpaired) electrons. The number of pyridine rings is 2. The fourth-order valence-electron chi connectivity index (χ4n) is 3.65. The van der Waals surface area contributed by atoms with E-state index in [-0.39, 0.29) is 17.8 Å². The average molecular weight is 430 g/mol. The number of ether oxygens (including phenoxy) is 1. The molecule has 1 aliphatic heterocycles. The van der Waals surface area contributed by atoms with E-state index >= 15 is 0 Å². The Balaban J connectivity index is 1.55. The highest BCUT2D eigenvalue weighted by Gasteiger charge is 2.20. The van der Waals surface area contributed by atoms with Gasteiger partial charge in [-0.3, -0.25) is 4.79 Å². The molecule has 0 spiro atoms. The maximum Gasteiger partial charge on any atom is 0.262 e. The SMILES string of the molecule is Cc1cnn(-c2cnc3c(c2)C(=O)Nc2cccc(n2)-c2nncn2C(C)CCCO3)c1. The number of rotatable bonds is 1. The molecule has 0 saturated carbocycles. The van der Waals surface area contributed by atoms with E-state index in [1.54, 1.807) is 35.5 Å². The third kappa shape index (κ3) is 3.82. The molecule has 32 heavy (non-hydrogen) atoms. The summed E-state index contributed by atoms with van der Waals surface area (Å²) in [6.07, 6.45) is 8.58. The number of carbonyl (C=O) groups excluding carboxylic acids is 1. The lowest BCUT2D eigenvalue weighted by Gasteiger charge is -2.17. The third-order valence-electron chi connectivity index (χ3n) is 5.33. The summed E-state index contributed by atoms with van der Waals surface area (Å²) in [6.45, 7) is 4.49. The molecule has 1 N–H and O–H groups in total. The molecule has 1 unspecified atom stereocenters. The van der Waals surface area contributed by atoms with Crippen LogP contribution >= 0.6 is 0 Å². The first-order valence-corrected chi connectivity index (χ1v) is 10.4. The van der Waals surface area contributed by atoms with Gasteiger partial charge in [0.05, 0.1) is 24.7 Å². The van der Waals surface area contributed by atoms with Crippen molar-refractivity contribution in [1.29, 1.82) is 0 Å². The van der Waals surface area contributed by atoms with Crippen LogP contribution in [-0.4, -0.2) is 47.0 Å². The second-order valence-electron chi connectivity index (χ2n) is 7.77. The van der Waals surface area contributed by atoms with E-state index in [0.717, 1.165) is 18.4 Å². The van der Waals surface area contributed by atoms with Gasteiger partial charge in [0.2, 0.25) is 5.88 Å². The zero-order chi connectivity index (χ0) is 22.1. The lowest BCUT2D eigenvalue weighted by atomic mass is 10.1. The number of fused-ring (bicyclic) bond motifs is 5. The lowest BCUT2D eigenvalue weighted by Crippen LogP contribution is -2.17. The van der Waals surface area contributed by atoms with Crippen LogP contribution in [0.3, 0.4) is 0 Å². The van der Waals surface area contributed by atoms with Gasteiger partial charge in [0.15, 0.2) is 5.82 Å². The number of aryl methyl sites for hydroxylation is 1. The maximum absolute atomic E-state index is 13.2. The molecule has 4 aromatic rings. The van der Waals surface area contributed by atoms with Crippen LogP contribution in [0.2, 0.25) is 0 Å². The summed E-state index contributed by atoms with van der Waals surface area (Å²) >= 11 is 0. The zero-order valence-corrected chi connectivity index (χ0v) is 17.8. The molecule has 5 heterocycles. The van der Waals surface area contributed by atoms with Crippen molar-refractivity contribution in [2.24, 2.45) is 0 Å². The summed E-state index contributed by atoms with van der Waals surface area (Å²) < 4.78 is 9.57. The Morgan fingerprint density at radius 3 is 3.00 bits per heavy atom. The monoisotopic (exact) mass is 430 g/mol. The van der Waals surface area contributed by atoms with Gasteiger partial charge in [-0.05, 0) is 50.5 Å². The molecule has 1 aliphatic rings. The molecule has 10 heteroatoms. The molecule has 2 bridgehead atoms. The summed E-state index contributed by atoms with van der Waals surface area (Å²) in [6, 6.07) is 7.28. The fraction of sp³-hybridized carbons (Fsp3) is 0.273. The number of anilines is 1. The van der Waals surface area contributed by atoms with Crippen LogP contribution in [0.4, 0.5) is 5.82 Å². The first kappa shape index (κ1) is 19.9. The van der Waals surface area contributed by atoms with E-state index in [9.17, 15) is 4.79 Å². The lowest BCUT2D eigenvalue weighted by molar-refractivity contribution is 0.102. The van der Waals surface area contributed by atoms with Crippen molar-refractivity contribution < 1.29 is 9.53 Å². The molecule has 4 aromatic heterocycles. The van der Waals surface area contributed by atoms with E-state index < -0.39 is 0 Å². The fourth-order valence-corrected chi connectivity index (χ4v) is 3.65. The molecular weight excluding hydrogens is 408 g/mol. The van der Waals surface area contributed by atoms with Gasteiger partial charge in [-0.2, -0.15) is 5.10 Å². The molecule has 0 aliphatic carbocycles. The minimum atomic E-state index is -0.366. The van der Waals surface area contributed by atoms with Crippen molar-refractivity contribution >= 4 is 11.7 Å². The van der Waals surface area contributed by atoms with Crippen molar-refractivity contribution in [2.45, 2.75) is 32.7 Å². The number of aromatic nitrogens is 7. The van der Waals surface area contributed by atoms with E-state index in [4.69, 9.17) is 4.74 Å². The molecule has 5 rings (SSSR count). The smallest absolute Gasteiger partial charge is 0.262 e. The molecular formula is C22H22N8O2. The molecule has 1 amide bonds. The molecule has 10 nitrogen and oxygen atoms in total. The van der Waals surface area contributed by atoms with Crippen LogP contribution < -0.4 is 10.1 Å². The van der Waals surface area contributed by atoms with Gasteiger partial charge >= 0.3 is 0 Å². The molecule has 0 aromatic carbocycles. The number of amides is 1. The summed E-state index contributed by atoms with van der Waals surface area (Å²) in [5, 5.41) is 15.5. The van der Waals surface area contributed by atoms with Crippen molar-refractivity contribution in [3.63, 3.8) is 0 Å². The summed E-state index contributed by atoms with van der Waals surface area (Å²) in [5.41, 5.74) is 2.63. The molecule has 0 fully saturated rings. The number of hydrogen-bond acceptors (Lipinski definition) is 7. The topological polar surface area (TPSA) is 113 Å². The van der Waals surface area contributed by atoms with Gasteiger partial charge in [0.1, 0.15) is 23.4 Å². The quantitative estimate of drug-likeness (QED) is 0.493. The van der Waals surface area contributed by atoms with Crippen LogP contribution in [0.15, 0.2) is 49.2 Å². The van der Waals surface area contributed by atoms with E-state index in [1.807, 2.05) is 29.8 Å². The van der Waals surface area contributed by atoms with Crippen molar-refractivity contribution in [1.82, 2.24) is 34.5 Å². The normalized spacial score (nSPS) is 16.3. The Kier molecular flexibility index (Phi) is 5.10. The Labute approximate surface area is 184 Å². The van der Waals surface area contributed by atoms with Gasteiger partial charge in [-0.15, -0.1) is 10.2 Å². The van der Waals surface area contributed by atoms with Crippen molar-refractivity contribution in [3.05, 3.63) is 60.3 Å². The highest BCUT2D eigenvalue weighted by molar-refractivity contribution is 6.05.